The Kier molecular flexibility index (Phi) is 4.24. The maximum Gasteiger partial charge on any atom is 0.163 e. The molecule has 0 bridgehead atoms. The van der Waals surface area contributed by atoms with Gasteiger partial charge in [-0.25, -0.2) is 18.6 Å². The van der Waals surface area contributed by atoms with Gasteiger partial charge in [-0.05, 0) is 29.8 Å². The molecule has 0 fully saturated rings. The molecule has 0 saturated heterocycles. The van der Waals surface area contributed by atoms with Gasteiger partial charge in [-0.15, -0.1) is 0 Å². The molecule has 0 aromatic heterocycles. The zero-order valence-electron chi connectivity index (χ0n) is 9.63. The van der Waals surface area contributed by atoms with Crippen molar-refractivity contribution in [2.45, 2.75) is 6.04 Å². The number of hydrogen-bond acceptors (Lipinski definition) is 2. The molecule has 0 heterocycles. The summed E-state index contributed by atoms with van der Waals surface area (Å²) in [5, 5.41) is 0. The third-order valence-electron chi connectivity index (χ3n) is 2.73. The van der Waals surface area contributed by atoms with Crippen LogP contribution in [0.4, 0.5) is 13.2 Å². The number of rotatable bonds is 3. The SMILES string of the molecule is NNC(c1cc(F)ccc1Br)c1cccc(F)c1F. The van der Waals surface area contributed by atoms with Crippen molar-refractivity contribution in [2.75, 3.05) is 0 Å². The molecule has 0 radical (unpaired) electrons. The summed E-state index contributed by atoms with van der Waals surface area (Å²) in [4.78, 5) is 0. The first-order valence-electron chi connectivity index (χ1n) is 5.39. The Hall–Kier alpha value is -1.37. The molecule has 0 aliphatic rings. The first-order chi connectivity index (χ1) is 9.04. The second-order valence-electron chi connectivity index (χ2n) is 3.91. The Morgan fingerprint density at radius 3 is 2.47 bits per heavy atom. The molecule has 0 aliphatic carbocycles. The van der Waals surface area contributed by atoms with Gasteiger partial charge in [-0.1, -0.05) is 28.1 Å². The maximum absolute atomic E-state index is 13.8. The molecule has 2 nitrogen and oxygen atoms in total. The molecule has 1 unspecified atom stereocenters. The lowest BCUT2D eigenvalue weighted by Crippen LogP contribution is -2.30. The van der Waals surface area contributed by atoms with Crippen LogP contribution >= 0.6 is 15.9 Å². The Balaban J connectivity index is 2.56. The molecule has 0 saturated carbocycles. The van der Waals surface area contributed by atoms with Crippen LogP contribution in [0.3, 0.4) is 0 Å². The van der Waals surface area contributed by atoms with Gasteiger partial charge in [0, 0.05) is 10.0 Å². The van der Waals surface area contributed by atoms with Crippen LogP contribution in [0.1, 0.15) is 17.2 Å². The minimum Gasteiger partial charge on any atom is -0.271 e. The molecular weight excluding hydrogens is 321 g/mol. The molecule has 0 spiro atoms. The number of benzene rings is 2. The van der Waals surface area contributed by atoms with Crippen LogP contribution in [0.5, 0.6) is 0 Å². The maximum atomic E-state index is 13.8. The lowest BCUT2D eigenvalue weighted by molar-refractivity contribution is 0.482. The van der Waals surface area contributed by atoms with Gasteiger partial charge in [0.1, 0.15) is 5.82 Å². The van der Waals surface area contributed by atoms with Crippen molar-refractivity contribution in [2.24, 2.45) is 5.84 Å². The van der Waals surface area contributed by atoms with Crippen LogP contribution in [0.2, 0.25) is 0 Å². The van der Waals surface area contributed by atoms with Gasteiger partial charge in [-0.3, -0.25) is 5.84 Å². The van der Waals surface area contributed by atoms with Gasteiger partial charge in [-0.2, -0.15) is 0 Å². The first kappa shape index (κ1) is 14.0. The highest BCUT2D eigenvalue weighted by Crippen LogP contribution is 2.30. The quantitative estimate of drug-likeness (QED) is 0.668. The van der Waals surface area contributed by atoms with Gasteiger partial charge in [0.2, 0.25) is 0 Å². The fourth-order valence-corrected chi connectivity index (χ4v) is 2.30. The first-order valence-corrected chi connectivity index (χ1v) is 6.19. The van der Waals surface area contributed by atoms with Crippen molar-refractivity contribution in [1.82, 2.24) is 5.43 Å². The molecule has 2 aromatic rings. The average molecular weight is 331 g/mol. The summed E-state index contributed by atoms with van der Waals surface area (Å²) in [6, 6.07) is 6.84. The summed E-state index contributed by atoms with van der Waals surface area (Å²) >= 11 is 3.23. The zero-order chi connectivity index (χ0) is 14.0. The fraction of sp³-hybridized carbons (Fsp3) is 0.0769. The van der Waals surface area contributed by atoms with Gasteiger partial charge in [0.05, 0.1) is 6.04 Å². The second kappa shape index (κ2) is 5.73. The summed E-state index contributed by atoms with van der Waals surface area (Å²) < 4.78 is 40.8. The van der Waals surface area contributed by atoms with E-state index in [9.17, 15) is 13.2 Å². The van der Waals surface area contributed by atoms with Gasteiger partial charge in [0.15, 0.2) is 11.6 Å². The lowest BCUT2D eigenvalue weighted by atomic mass is 9.98. The monoisotopic (exact) mass is 330 g/mol. The van der Waals surface area contributed by atoms with Gasteiger partial charge >= 0.3 is 0 Å². The van der Waals surface area contributed by atoms with Crippen LogP contribution in [0, 0.1) is 17.5 Å². The predicted molar refractivity (Wildman–Crippen MR) is 69.6 cm³/mol. The number of hydrogen-bond donors (Lipinski definition) is 2. The second-order valence-corrected chi connectivity index (χ2v) is 4.76. The molecule has 19 heavy (non-hydrogen) atoms. The number of halogens is 4. The minimum absolute atomic E-state index is 0.00815. The van der Waals surface area contributed by atoms with E-state index in [1.54, 1.807) is 0 Å². The molecule has 1 atom stereocenters. The largest absolute Gasteiger partial charge is 0.271 e. The van der Waals surface area contributed by atoms with Crippen molar-refractivity contribution < 1.29 is 13.2 Å². The van der Waals surface area contributed by atoms with E-state index in [1.807, 2.05) is 0 Å². The van der Waals surface area contributed by atoms with Crippen LogP contribution in [0.25, 0.3) is 0 Å². The Labute approximate surface area is 116 Å². The minimum atomic E-state index is -1.01. The summed E-state index contributed by atoms with van der Waals surface area (Å²) in [6.07, 6.45) is 0. The van der Waals surface area contributed by atoms with Crippen LogP contribution in [-0.4, -0.2) is 0 Å². The molecule has 3 N–H and O–H groups in total. The number of hydrazine groups is 1. The van der Waals surface area contributed by atoms with E-state index >= 15 is 0 Å². The van der Waals surface area contributed by atoms with Gasteiger partial charge < -0.3 is 0 Å². The van der Waals surface area contributed by atoms with Crippen LogP contribution < -0.4 is 11.3 Å². The summed E-state index contributed by atoms with van der Waals surface area (Å²) in [7, 11) is 0. The Bertz CT molecular complexity index is 602. The summed E-state index contributed by atoms with van der Waals surface area (Å²) in [5.74, 6) is 2.91. The van der Waals surface area contributed by atoms with Crippen LogP contribution in [-0.2, 0) is 0 Å². The predicted octanol–water partition coefficient (Wildman–Crippen LogP) is 3.42. The van der Waals surface area contributed by atoms with E-state index in [0.29, 0.717) is 10.0 Å². The molecule has 2 rings (SSSR count). The van der Waals surface area contributed by atoms with E-state index < -0.39 is 23.5 Å². The van der Waals surface area contributed by atoms with Crippen molar-refractivity contribution in [3.63, 3.8) is 0 Å². The number of nitrogens with two attached hydrogens (primary N) is 1. The zero-order valence-corrected chi connectivity index (χ0v) is 11.2. The van der Waals surface area contributed by atoms with Crippen LogP contribution in [0.15, 0.2) is 40.9 Å². The van der Waals surface area contributed by atoms with E-state index in [0.717, 1.165) is 6.07 Å². The van der Waals surface area contributed by atoms with E-state index in [-0.39, 0.29) is 5.56 Å². The lowest BCUT2D eigenvalue weighted by Gasteiger charge is -2.19. The molecule has 0 amide bonds. The smallest absolute Gasteiger partial charge is 0.163 e. The molecule has 6 heteroatoms. The Morgan fingerprint density at radius 2 is 1.79 bits per heavy atom. The molecule has 100 valence electrons. The molecule has 0 aliphatic heterocycles. The number of nitrogens with one attached hydrogen (secondary N) is 1. The normalized spacial score (nSPS) is 12.5. The van der Waals surface area contributed by atoms with E-state index in [4.69, 9.17) is 5.84 Å². The van der Waals surface area contributed by atoms with Gasteiger partial charge in [0.25, 0.3) is 0 Å². The molecular formula is C13H10BrF3N2. The summed E-state index contributed by atoms with van der Waals surface area (Å²) in [6.45, 7) is 0. The Morgan fingerprint density at radius 1 is 1.05 bits per heavy atom. The summed E-state index contributed by atoms with van der Waals surface area (Å²) in [5.41, 5.74) is 2.76. The van der Waals surface area contributed by atoms with E-state index in [2.05, 4.69) is 21.4 Å². The van der Waals surface area contributed by atoms with E-state index in [1.165, 1.54) is 30.3 Å². The third kappa shape index (κ3) is 2.80. The highest BCUT2D eigenvalue weighted by Gasteiger charge is 2.21. The highest BCUT2D eigenvalue weighted by atomic mass is 79.9. The van der Waals surface area contributed by atoms with Crippen molar-refractivity contribution in [3.8, 4) is 0 Å². The molecule has 2 aromatic carbocycles. The average Bonchev–Trinajstić information content (AvgIpc) is 2.39. The van der Waals surface area contributed by atoms with Crippen molar-refractivity contribution in [3.05, 3.63) is 69.4 Å². The third-order valence-corrected chi connectivity index (χ3v) is 3.45. The van der Waals surface area contributed by atoms with Crippen molar-refractivity contribution in [1.29, 1.82) is 0 Å². The highest BCUT2D eigenvalue weighted by molar-refractivity contribution is 9.10. The van der Waals surface area contributed by atoms with Crippen molar-refractivity contribution >= 4 is 15.9 Å². The standard InChI is InChI=1S/C13H10BrF3N2/c14-10-5-4-7(15)6-9(10)13(19-18)8-2-1-3-11(16)12(8)17/h1-6,13,19H,18H2. The topological polar surface area (TPSA) is 38.0 Å². The fourth-order valence-electron chi connectivity index (χ4n) is 1.83.